The van der Waals surface area contributed by atoms with Gasteiger partial charge in [-0.25, -0.2) is 13.2 Å². The second kappa shape index (κ2) is 9.90. The number of benzene rings is 1. The number of amides is 1. The van der Waals surface area contributed by atoms with Crippen LogP contribution in [0.2, 0.25) is 0 Å². The highest BCUT2D eigenvalue weighted by molar-refractivity contribution is 7.89. The summed E-state index contributed by atoms with van der Waals surface area (Å²) in [7, 11) is -3.09. The van der Waals surface area contributed by atoms with Gasteiger partial charge in [0.25, 0.3) is 0 Å². The predicted molar refractivity (Wildman–Crippen MR) is 123 cm³/mol. The van der Waals surface area contributed by atoms with Crippen LogP contribution in [-0.4, -0.2) is 49.3 Å². The molecule has 8 heteroatoms. The summed E-state index contributed by atoms with van der Waals surface area (Å²) in [5.41, 5.74) is 2.18. The molecule has 2 heterocycles. The molecule has 32 heavy (non-hydrogen) atoms. The van der Waals surface area contributed by atoms with Crippen LogP contribution < -0.4 is 4.74 Å². The third-order valence-corrected chi connectivity index (χ3v) is 6.04. The molecular weight excluding hydrogens is 428 g/mol. The molecule has 1 aromatic heterocycles. The van der Waals surface area contributed by atoms with Gasteiger partial charge in [0, 0.05) is 25.5 Å². The van der Waals surface area contributed by atoms with Gasteiger partial charge < -0.3 is 14.4 Å². The number of likely N-dealkylation sites (tertiary alicyclic amines) is 1. The SMILES string of the molecule is CC(C)(C)OC(=O)N1CCC(c2ccc(COc3cccc(CS(C)(=O)=O)c3)nc2)CC1. The van der Waals surface area contributed by atoms with Crippen molar-refractivity contribution in [2.75, 3.05) is 19.3 Å². The van der Waals surface area contributed by atoms with Crippen LogP contribution in [0, 0.1) is 0 Å². The van der Waals surface area contributed by atoms with Crippen molar-refractivity contribution in [1.82, 2.24) is 9.88 Å². The first-order chi connectivity index (χ1) is 15.0. The molecule has 1 amide bonds. The molecule has 0 atom stereocenters. The van der Waals surface area contributed by atoms with Gasteiger partial charge in [0.2, 0.25) is 0 Å². The van der Waals surface area contributed by atoms with Gasteiger partial charge in [-0.15, -0.1) is 0 Å². The number of ether oxygens (including phenoxy) is 2. The number of rotatable bonds is 6. The fourth-order valence-electron chi connectivity index (χ4n) is 3.67. The Hall–Kier alpha value is -2.61. The maximum Gasteiger partial charge on any atom is 0.410 e. The first-order valence-electron chi connectivity index (χ1n) is 10.8. The Bertz CT molecular complexity index is 1020. The lowest BCUT2D eigenvalue weighted by molar-refractivity contribution is 0.0204. The number of hydrogen-bond acceptors (Lipinski definition) is 6. The van der Waals surface area contributed by atoms with E-state index in [0.29, 0.717) is 36.9 Å². The maximum absolute atomic E-state index is 12.2. The summed E-state index contributed by atoms with van der Waals surface area (Å²) in [5.74, 6) is 0.972. The highest BCUT2D eigenvalue weighted by atomic mass is 32.2. The molecule has 0 saturated carbocycles. The van der Waals surface area contributed by atoms with E-state index < -0.39 is 15.4 Å². The standard InChI is InChI=1S/C24H32N2O5S/c1-24(2,3)31-23(27)26-12-10-19(11-13-26)20-8-9-21(25-15-20)16-30-22-7-5-6-18(14-22)17-32(4,28)29/h5-9,14-15,19H,10-13,16-17H2,1-4H3. The summed E-state index contributed by atoms with van der Waals surface area (Å²) >= 11 is 0. The van der Waals surface area contributed by atoms with Crippen molar-refractivity contribution in [2.45, 2.75) is 57.5 Å². The molecule has 7 nitrogen and oxygen atoms in total. The molecule has 0 N–H and O–H groups in total. The number of carbonyl (C=O) groups excluding carboxylic acids is 1. The quantitative estimate of drug-likeness (QED) is 0.638. The van der Waals surface area contributed by atoms with Crippen LogP contribution in [0.25, 0.3) is 0 Å². The van der Waals surface area contributed by atoms with E-state index in [0.717, 1.165) is 24.1 Å². The van der Waals surface area contributed by atoms with Crippen molar-refractivity contribution < 1.29 is 22.7 Å². The Morgan fingerprint density at radius 2 is 1.88 bits per heavy atom. The van der Waals surface area contributed by atoms with E-state index in [-0.39, 0.29) is 11.8 Å². The Morgan fingerprint density at radius 3 is 2.47 bits per heavy atom. The zero-order chi connectivity index (χ0) is 23.4. The van der Waals surface area contributed by atoms with Gasteiger partial charge in [-0.1, -0.05) is 18.2 Å². The summed E-state index contributed by atoms with van der Waals surface area (Å²) in [6.07, 6.45) is 4.61. The smallest absolute Gasteiger partial charge is 0.410 e. The number of piperidine rings is 1. The van der Waals surface area contributed by atoms with Crippen LogP contribution in [0.3, 0.4) is 0 Å². The molecule has 0 spiro atoms. The fourth-order valence-corrected chi connectivity index (χ4v) is 4.45. The van der Waals surface area contributed by atoms with E-state index in [9.17, 15) is 13.2 Å². The molecule has 0 aliphatic carbocycles. The maximum atomic E-state index is 12.2. The van der Waals surface area contributed by atoms with Crippen molar-refractivity contribution in [1.29, 1.82) is 0 Å². The van der Waals surface area contributed by atoms with Crippen LogP contribution >= 0.6 is 0 Å². The fraction of sp³-hybridized carbons (Fsp3) is 0.500. The van der Waals surface area contributed by atoms with Gasteiger partial charge in [0.1, 0.15) is 18.0 Å². The highest BCUT2D eigenvalue weighted by Crippen LogP contribution is 2.28. The average Bonchev–Trinajstić information content (AvgIpc) is 2.71. The molecule has 0 unspecified atom stereocenters. The summed E-state index contributed by atoms with van der Waals surface area (Å²) in [4.78, 5) is 18.5. The average molecular weight is 461 g/mol. The van der Waals surface area contributed by atoms with Gasteiger partial charge >= 0.3 is 6.09 Å². The molecule has 2 aromatic rings. The minimum atomic E-state index is -3.09. The van der Waals surface area contributed by atoms with Crippen LogP contribution in [0.4, 0.5) is 4.79 Å². The van der Waals surface area contributed by atoms with E-state index in [4.69, 9.17) is 9.47 Å². The Kier molecular flexibility index (Phi) is 7.44. The zero-order valence-corrected chi connectivity index (χ0v) is 20.0. The Balaban J connectivity index is 1.51. The van der Waals surface area contributed by atoms with Gasteiger partial charge in [-0.05, 0) is 68.9 Å². The van der Waals surface area contributed by atoms with Crippen molar-refractivity contribution in [3.05, 3.63) is 59.4 Å². The van der Waals surface area contributed by atoms with Gasteiger partial charge in [-0.2, -0.15) is 0 Å². The lowest BCUT2D eigenvalue weighted by Gasteiger charge is -2.33. The topological polar surface area (TPSA) is 85.8 Å². The number of carbonyl (C=O) groups is 1. The molecule has 1 fully saturated rings. The number of sulfone groups is 1. The minimum absolute atomic E-state index is 0.0100. The van der Waals surface area contributed by atoms with Crippen molar-refractivity contribution in [2.24, 2.45) is 0 Å². The van der Waals surface area contributed by atoms with E-state index in [1.54, 1.807) is 29.2 Å². The first-order valence-corrected chi connectivity index (χ1v) is 12.9. The second-order valence-corrected chi connectivity index (χ2v) is 11.5. The van der Waals surface area contributed by atoms with Gasteiger partial charge in [-0.3, -0.25) is 4.98 Å². The van der Waals surface area contributed by atoms with E-state index >= 15 is 0 Å². The minimum Gasteiger partial charge on any atom is -0.487 e. The van der Waals surface area contributed by atoms with Gasteiger partial charge in [0.05, 0.1) is 11.4 Å². The van der Waals surface area contributed by atoms with Crippen molar-refractivity contribution in [3.8, 4) is 5.75 Å². The first kappa shape index (κ1) is 24.0. The highest BCUT2D eigenvalue weighted by Gasteiger charge is 2.27. The third-order valence-electron chi connectivity index (χ3n) is 5.18. The van der Waals surface area contributed by atoms with Gasteiger partial charge in [0.15, 0.2) is 9.84 Å². The molecule has 174 valence electrons. The summed E-state index contributed by atoms with van der Waals surface area (Å²) in [6.45, 7) is 7.28. The number of hydrogen-bond donors (Lipinski definition) is 0. The lowest BCUT2D eigenvalue weighted by atomic mass is 9.90. The Labute approximate surface area is 190 Å². The number of pyridine rings is 1. The summed E-state index contributed by atoms with van der Waals surface area (Å²) in [6, 6.07) is 11.1. The molecular formula is C24H32N2O5S. The molecule has 0 radical (unpaired) electrons. The van der Waals surface area contributed by atoms with E-state index in [2.05, 4.69) is 11.1 Å². The molecule has 1 aromatic carbocycles. The summed E-state index contributed by atoms with van der Waals surface area (Å²) in [5, 5.41) is 0. The van der Waals surface area contributed by atoms with Crippen LogP contribution in [0.1, 0.15) is 56.4 Å². The molecule has 1 aliphatic rings. The predicted octanol–water partition coefficient (Wildman–Crippen LogP) is 4.32. The third kappa shape index (κ3) is 7.51. The number of aromatic nitrogens is 1. The second-order valence-electron chi connectivity index (χ2n) is 9.33. The van der Waals surface area contributed by atoms with Crippen molar-refractivity contribution >= 4 is 15.9 Å². The molecule has 1 saturated heterocycles. The monoisotopic (exact) mass is 460 g/mol. The normalized spacial score (nSPS) is 15.4. The number of nitrogens with zero attached hydrogens (tertiary/aromatic N) is 2. The van der Waals surface area contributed by atoms with Crippen molar-refractivity contribution in [3.63, 3.8) is 0 Å². The molecule has 0 bridgehead atoms. The summed E-state index contributed by atoms with van der Waals surface area (Å²) < 4.78 is 34.2. The molecule has 1 aliphatic heterocycles. The zero-order valence-electron chi connectivity index (χ0n) is 19.2. The van der Waals surface area contributed by atoms with Crippen LogP contribution in [0.15, 0.2) is 42.6 Å². The van der Waals surface area contributed by atoms with Crippen LogP contribution in [0.5, 0.6) is 5.75 Å². The Morgan fingerprint density at radius 1 is 1.16 bits per heavy atom. The molecule has 3 rings (SSSR count). The van der Waals surface area contributed by atoms with Crippen LogP contribution in [-0.2, 0) is 26.9 Å². The van der Waals surface area contributed by atoms with E-state index in [1.165, 1.54) is 6.26 Å². The largest absolute Gasteiger partial charge is 0.487 e. The lowest BCUT2D eigenvalue weighted by Crippen LogP contribution is -2.41. The van der Waals surface area contributed by atoms with E-state index in [1.807, 2.05) is 33.0 Å².